The summed E-state index contributed by atoms with van der Waals surface area (Å²) in [5.74, 6) is -0.465. The molecular weight excluding hydrogens is 594 g/mol. The number of methoxy groups -OCH3 is 2. The lowest BCUT2D eigenvalue weighted by molar-refractivity contribution is -0.133. The average Bonchev–Trinajstić information content (AvgIpc) is 3.62. The fourth-order valence-electron chi connectivity index (χ4n) is 5.35. The molecule has 2 amide bonds. The van der Waals surface area contributed by atoms with Crippen molar-refractivity contribution in [1.29, 1.82) is 0 Å². The first-order chi connectivity index (χ1) is 20.6. The Morgan fingerprint density at radius 1 is 1.14 bits per heavy atom. The second-order valence-corrected chi connectivity index (χ2v) is 14.1. The maximum atomic E-state index is 13.5. The van der Waals surface area contributed by atoms with E-state index in [1.807, 2.05) is 11.8 Å². The van der Waals surface area contributed by atoms with Crippen LogP contribution in [-0.4, -0.2) is 105 Å². The lowest BCUT2D eigenvalue weighted by Crippen LogP contribution is -2.52. The molecule has 0 radical (unpaired) electrons. The van der Waals surface area contributed by atoms with Gasteiger partial charge in [0, 0.05) is 83.0 Å². The third kappa shape index (κ3) is 9.05. The van der Waals surface area contributed by atoms with Crippen molar-refractivity contribution in [3.05, 3.63) is 40.9 Å². The number of carbonyl (C=O) groups is 2. The van der Waals surface area contributed by atoms with Crippen molar-refractivity contribution in [1.82, 2.24) is 14.8 Å². The van der Waals surface area contributed by atoms with Gasteiger partial charge in [-0.25, -0.2) is 13.4 Å². The first kappa shape index (κ1) is 33.0. The molecule has 1 N–H and O–H groups in total. The van der Waals surface area contributed by atoms with Crippen molar-refractivity contribution in [2.45, 2.75) is 69.2 Å². The van der Waals surface area contributed by atoms with Crippen LogP contribution in [0.15, 0.2) is 40.5 Å². The third-order valence-corrected chi connectivity index (χ3v) is 10.4. The van der Waals surface area contributed by atoms with Gasteiger partial charge in [0.2, 0.25) is 5.91 Å². The van der Waals surface area contributed by atoms with E-state index in [4.69, 9.17) is 14.3 Å². The zero-order chi connectivity index (χ0) is 31.0. The number of nitrogens with zero attached hydrogens (tertiary/aromatic N) is 4. The topological polar surface area (TPSA) is 140 Å². The summed E-state index contributed by atoms with van der Waals surface area (Å²) in [5, 5.41) is 7.49. The molecule has 1 aromatic heterocycles. The third-order valence-electron chi connectivity index (χ3n) is 7.70. The fourth-order valence-corrected chi connectivity index (χ4v) is 7.49. The second-order valence-electron chi connectivity index (χ2n) is 10.9. The Bertz CT molecular complexity index is 1380. The molecule has 3 atom stereocenters. The number of hydrogen-bond acceptors (Lipinski definition) is 11. The first-order valence-corrected chi connectivity index (χ1v) is 16.9. The van der Waals surface area contributed by atoms with Crippen molar-refractivity contribution < 1.29 is 32.3 Å². The zero-order valence-electron chi connectivity index (χ0n) is 25.2. The highest BCUT2D eigenvalue weighted by Crippen LogP contribution is 2.25. The van der Waals surface area contributed by atoms with Crippen LogP contribution in [0.4, 0.5) is 5.13 Å². The van der Waals surface area contributed by atoms with Gasteiger partial charge in [-0.15, -0.1) is 11.3 Å². The van der Waals surface area contributed by atoms with Crippen molar-refractivity contribution >= 4 is 43.8 Å². The maximum absolute atomic E-state index is 13.5. The van der Waals surface area contributed by atoms with Gasteiger partial charge in [-0.05, 0) is 38.3 Å². The number of thiazole rings is 1. The number of hydrogen-bond donors (Lipinski definition) is 1. The van der Waals surface area contributed by atoms with E-state index in [1.165, 1.54) is 30.6 Å². The Kier molecular flexibility index (Phi) is 11.7. The van der Waals surface area contributed by atoms with Gasteiger partial charge < -0.3 is 19.2 Å². The molecule has 0 bridgehead atoms. The standard InChI is InChI=1S/C29H41N5O7S2/c1-20-18-33(12-13-34(20)21(2)35)19-25-17-30-29(42-25)31-28(36)27(32-41-24-9-8-23(16-24)40-4)22-6-10-26(11-7-22)43(37,38)15-5-14-39-3/h6-7,10-11,17,20,23-24H,5,8-9,12-16,18-19H2,1-4H3,(H,30,31,36)/t20-,23+,24+/m0/s1. The molecule has 1 saturated heterocycles. The highest BCUT2D eigenvalue weighted by Gasteiger charge is 2.28. The smallest absolute Gasteiger partial charge is 0.280 e. The van der Waals surface area contributed by atoms with E-state index in [0.717, 1.165) is 30.8 Å². The minimum absolute atomic E-state index is 0.0233. The maximum Gasteiger partial charge on any atom is 0.280 e. The zero-order valence-corrected chi connectivity index (χ0v) is 26.8. The van der Waals surface area contributed by atoms with Gasteiger partial charge in [0.15, 0.2) is 20.7 Å². The van der Waals surface area contributed by atoms with E-state index in [9.17, 15) is 18.0 Å². The Morgan fingerprint density at radius 3 is 2.53 bits per heavy atom. The number of carbonyl (C=O) groups excluding carboxylic acids is 2. The second kappa shape index (κ2) is 15.2. The number of sulfone groups is 1. The minimum Gasteiger partial charge on any atom is -0.392 e. The quantitative estimate of drug-likeness (QED) is 0.200. The van der Waals surface area contributed by atoms with Gasteiger partial charge >= 0.3 is 0 Å². The molecule has 1 aliphatic carbocycles. The normalized spacial score (nSPS) is 21.6. The molecule has 2 aromatic rings. The molecule has 12 nitrogen and oxygen atoms in total. The van der Waals surface area contributed by atoms with Crippen LogP contribution >= 0.6 is 11.3 Å². The minimum atomic E-state index is -3.50. The van der Waals surface area contributed by atoms with Gasteiger partial charge in [-0.3, -0.25) is 19.8 Å². The molecule has 0 spiro atoms. The van der Waals surface area contributed by atoms with E-state index >= 15 is 0 Å². The highest BCUT2D eigenvalue weighted by atomic mass is 32.2. The largest absolute Gasteiger partial charge is 0.392 e. The van der Waals surface area contributed by atoms with Gasteiger partial charge in [-0.1, -0.05) is 17.3 Å². The lowest BCUT2D eigenvalue weighted by atomic mass is 10.1. The molecule has 0 unspecified atom stereocenters. The average molecular weight is 636 g/mol. The SMILES string of the molecule is COCCCS(=O)(=O)c1ccc(C(=NO[C@@H]2CC[C@@H](OC)C2)C(=O)Nc2ncc(CN3CCN(C(C)=O)[C@@H](C)C3)s2)cc1. The predicted molar refractivity (Wildman–Crippen MR) is 164 cm³/mol. The summed E-state index contributed by atoms with van der Waals surface area (Å²) >= 11 is 1.37. The number of aromatic nitrogens is 1. The van der Waals surface area contributed by atoms with Gasteiger partial charge in [0.25, 0.3) is 5.91 Å². The van der Waals surface area contributed by atoms with Crippen LogP contribution in [0.2, 0.25) is 0 Å². The monoisotopic (exact) mass is 635 g/mol. The van der Waals surface area contributed by atoms with Crippen LogP contribution in [-0.2, 0) is 40.3 Å². The van der Waals surface area contributed by atoms with Crippen molar-refractivity contribution in [2.24, 2.45) is 5.16 Å². The Labute approximate surface area is 257 Å². The highest BCUT2D eigenvalue weighted by molar-refractivity contribution is 7.91. The summed E-state index contributed by atoms with van der Waals surface area (Å²) < 4.78 is 35.8. The number of oxime groups is 1. The summed E-state index contributed by atoms with van der Waals surface area (Å²) in [7, 11) is -0.304. The molecule has 2 fully saturated rings. The number of benzene rings is 1. The van der Waals surface area contributed by atoms with Crippen molar-refractivity contribution in [2.75, 3.05) is 51.5 Å². The number of rotatable bonds is 13. The van der Waals surface area contributed by atoms with Gasteiger partial charge in [-0.2, -0.15) is 0 Å². The molecule has 2 heterocycles. The van der Waals surface area contributed by atoms with Crippen LogP contribution in [0, 0.1) is 0 Å². The summed E-state index contributed by atoms with van der Waals surface area (Å²) in [5.41, 5.74) is 0.443. The molecule has 14 heteroatoms. The van der Waals surface area contributed by atoms with Crippen LogP contribution in [0.25, 0.3) is 0 Å². The van der Waals surface area contributed by atoms with Crippen molar-refractivity contribution in [3.63, 3.8) is 0 Å². The molecular formula is C29H41N5O7S2. The van der Waals surface area contributed by atoms with Gasteiger partial charge in [0.1, 0.15) is 6.10 Å². The Hall–Kier alpha value is -2.91. The van der Waals surface area contributed by atoms with E-state index < -0.39 is 15.7 Å². The van der Waals surface area contributed by atoms with E-state index in [0.29, 0.717) is 43.2 Å². The summed E-state index contributed by atoms with van der Waals surface area (Å²) in [6.45, 7) is 6.85. The number of piperazine rings is 1. The summed E-state index contributed by atoms with van der Waals surface area (Å²) in [6.07, 6.45) is 4.29. The van der Waals surface area contributed by atoms with Gasteiger partial charge in [0.05, 0.1) is 16.8 Å². The molecule has 1 saturated carbocycles. The summed E-state index contributed by atoms with van der Waals surface area (Å²) in [4.78, 5) is 40.7. The molecule has 236 valence electrons. The molecule has 4 rings (SSSR count). The Balaban J connectivity index is 1.46. The molecule has 43 heavy (non-hydrogen) atoms. The molecule has 1 aromatic carbocycles. The van der Waals surface area contributed by atoms with E-state index in [2.05, 4.69) is 20.4 Å². The lowest BCUT2D eigenvalue weighted by Gasteiger charge is -2.39. The van der Waals surface area contributed by atoms with Crippen LogP contribution in [0.5, 0.6) is 0 Å². The van der Waals surface area contributed by atoms with E-state index in [1.54, 1.807) is 32.4 Å². The number of anilines is 1. The van der Waals surface area contributed by atoms with Crippen LogP contribution < -0.4 is 5.32 Å². The van der Waals surface area contributed by atoms with Crippen molar-refractivity contribution in [3.8, 4) is 0 Å². The summed E-state index contributed by atoms with van der Waals surface area (Å²) in [6, 6.07) is 6.21. The predicted octanol–water partition coefficient (Wildman–Crippen LogP) is 2.93. The molecule has 1 aliphatic heterocycles. The van der Waals surface area contributed by atoms with Crippen LogP contribution in [0.1, 0.15) is 50.0 Å². The fraction of sp³-hybridized carbons (Fsp3) is 0.586. The first-order valence-electron chi connectivity index (χ1n) is 14.4. The van der Waals surface area contributed by atoms with Crippen LogP contribution in [0.3, 0.4) is 0 Å². The molecule has 2 aliphatic rings. The number of ether oxygens (including phenoxy) is 2. The number of amides is 2. The Morgan fingerprint density at radius 2 is 1.88 bits per heavy atom. The number of nitrogens with one attached hydrogen (secondary N) is 1. The van der Waals surface area contributed by atoms with E-state index in [-0.39, 0.29) is 40.5 Å².